The predicted molar refractivity (Wildman–Crippen MR) is 48.3 cm³/mol. The Morgan fingerprint density at radius 1 is 1.58 bits per heavy atom. The second-order valence-corrected chi connectivity index (χ2v) is 3.22. The maximum Gasteiger partial charge on any atom is 0.0784 e. The number of hydrogen-bond acceptors (Lipinski definition) is 3. The highest BCUT2D eigenvalue weighted by atomic mass is 16.5. The molecule has 1 aliphatic rings. The van der Waals surface area contributed by atoms with Gasteiger partial charge in [-0.15, -0.1) is 0 Å². The van der Waals surface area contributed by atoms with Crippen molar-refractivity contribution in [3.05, 3.63) is 0 Å². The van der Waals surface area contributed by atoms with E-state index in [1.807, 2.05) is 6.92 Å². The molecule has 72 valence electrons. The molecular weight excluding hydrogens is 154 g/mol. The van der Waals surface area contributed by atoms with Crippen LogP contribution in [0.15, 0.2) is 0 Å². The molecule has 2 atom stereocenters. The van der Waals surface area contributed by atoms with Gasteiger partial charge in [0, 0.05) is 13.2 Å². The Morgan fingerprint density at radius 2 is 2.42 bits per heavy atom. The van der Waals surface area contributed by atoms with Crippen molar-refractivity contribution >= 4 is 0 Å². The number of nitrogens with one attached hydrogen (secondary N) is 1. The molecule has 0 radical (unpaired) electrons. The highest BCUT2D eigenvalue weighted by Crippen LogP contribution is 2.06. The smallest absolute Gasteiger partial charge is 0.0784 e. The van der Waals surface area contributed by atoms with Crippen molar-refractivity contribution < 1.29 is 9.47 Å². The Labute approximate surface area is 74.4 Å². The van der Waals surface area contributed by atoms with Gasteiger partial charge in [0.05, 0.1) is 18.8 Å². The fourth-order valence-corrected chi connectivity index (χ4v) is 1.40. The molecule has 0 amide bonds. The molecule has 0 aromatic heterocycles. The molecular formula is C9H19NO2. The number of hydrogen-bond donors (Lipinski definition) is 1. The third kappa shape index (κ3) is 3.52. The van der Waals surface area contributed by atoms with Gasteiger partial charge >= 0.3 is 0 Å². The molecule has 1 saturated heterocycles. The summed E-state index contributed by atoms with van der Waals surface area (Å²) in [4.78, 5) is 0. The molecule has 0 aromatic carbocycles. The van der Waals surface area contributed by atoms with Crippen LogP contribution in [0.3, 0.4) is 0 Å². The lowest BCUT2D eigenvalue weighted by atomic mass is 10.3. The van der Waals surface area contributed by atoms with E-state index < -0.39 is 0 Å². The maximum atomic E-state index is 5.73. The van der Waals surface area contributed by atoms with Crippen LogP contribution in [0.1, 0.15) is 20.3 Å². The molecule has 2 unspecified atom stereocenters. The predicted octanol–water partition coefficient (Wildman–Crippen LogP) is 0.790. The van der Waals surface area contributed by atoms with E-state index in [1.165, 1.54) is 0 Å². The molecule has 1 N–H and O–H groups in total. The standard InChI is InChI=1S/C9H19NO2/c1-3-11-7-8(2)12-9-4-5-10-6-9/h8-10H,3-7H2,1-2H3. The van der Waals surface area contributed by atoms with Crippen molar-refractivity contribution in [2.75, 3.05) is 26.3 Å². The maximum absolute atomic E-state index is 5.73. The third-order valence-corrected chi connectivity index (χ3v) is 2.00. The van der Waals surface area contributed by atoms with Gasteiger partial charge in [0.25, 0.3) is 0 Å². The molecule has 0 aliphatic carbocycles. The van der Waals surface area contributed by atoms with Crippen LogP contribution in [-0.4, -0.2) is 38.5 Å². The third-order valence-electron chi connectivity index (χ3n) is 2.00. The summed E-state index contributed by atoms with van der Waals surface area (Å²) >= 11 is 0. The summed E-state index contributed by atoms with van der Waals surface area (Å²) in [6.07, 6.45) is 1.77. The van der Waals surface area contributed by atoms with E-state index in [4.69, 9.17) is 9.47 Å². The van der Waals surface area contributed by atoms with E-state index in [0.717, 1.165) is 26.1 Å². The quantitative estimate of drug-likeness (QED) is 0.666. The minimum absolute atomic E-state index is 0.231. The van der Waals surface area contributed by atoms with E-state index in [-0.39, 0.29) is 6.10 Å². The number of rotatable bonds is 5. The van der Waals surface area contributed by atoms with Crippen molar-refractivity contribution in [1.82, 2.24) is 5.32 Å². The molecule has 12 heavy (non-hydrogen) atoms. The molecule has 1 aliphatic heterocycles. The molecule has 0 spiro atoms. The molecule has 3 nitrogen and oxygen atoms in total. The van der Waals surface area contributed by atoms with Crippen molar-refractivity contribution in [3.8, 4) is 0 Å². The molecule has 0 aromatic rings. The van der Waals surface area contributed by atoms with Gasteiger partial charge in [-0.25, -0.2) is 0 Å². The van der Waals surface area contributed by atoms with Crippen LogP contribution in [0.2, 0.25) is 0 Å². The van der Waals surface area contributed by atoms with Crippen molar-refractivity contribution in [2.45, 2.75) is 32.5 Å². The van der Waals surface area contributed by atoms with E-state index in [0.29, 0.717) is 12.7 Å². The van der Waals surface area contributed by atoms with Gasteiger partial charge in [-0.05, 0) is 26.8 Å². The lowest BCUT2D eigenvalue weighted by Crippen LogP contribution is -2.25. The zero-order valence-corrected chi connectivity index (χ0v) is 8.01. The van der Waals surface area contributed by atoms with Crippen LogP contribution in [0, 0.1) is 0 Å². The lowest BCUT2D eigenvalue weighted by Gasteiger charge is -2.17. The van der Waals surface area contributed by atoms with Gasteiger partial charge in [0.15, 0.2) is 0 Å². The Morgan fingerprint density at radius 3 is 3.00 bits per heavy atom. The van der Waals surface area contributed by atoms with Crippen LogP contribution in [0.4, 0.5) is 0 Å². The SMILES string of the molecule is CCOCC(C)OC1CCNC1. The minimum Gasteiger partial charge on any atom is -0.379 e. The van der Waals surface area contributed by atoms with Gasteiger partial charge in [0.1, 0.15) is 0 Å². The van der Waals surface area contributed by atoms with Gasteiger partial charge in [-0.2, -0.15) is 0 Å². The normalized spacial score (nSPS) is 26.0. The average molecular weight is 173 g/mol. The van der Waals surface area contributed by atoms with Gasteiger partial charge < -0.3 is 14.8 Å². The zero-order valence-electron chi connectivity index (χ0n) is 8.01. The van der Waals surface area contributed by atoms with Crippen LogP contribution in [0.5, 0.6) is 0 Å². The summed E-state index contributed by atoms with van der Waals surface area (Å²) in [6.45, 7) is 7.64. The molecule has 0 saturated carbocycles. The lowest BCUT2D eigenvalue weighted by molar-refractivity contribution is -0.0383. The first-order valence-corrected chi connectivity index (χ1v) is 4.77. The molecule has 3 heteroatoms. The zero-order chi connectivity index (χ0) is 8.81. The minimum atomic E-state index is 0.231. The van der Waals surface area contributed by atoms with Gasteiger partial charge in [0.2, 0.25) is 0 Å². The first-order valence-electron chi connectivity index (χ1n) is 4.77. The summed E-state index contributed by atoms with van der Waals surface area (Å²) in [5, 5.41) is 3.27. The molecule has 1 heterocycles. The van der Waals surface area contributed by atoms with Crippen molar-refractivity contribution in [1.29, 1.82) is 0 Å². The molecule has 0 bridgehead atoms. The number of ether oxygens (including phenoxy) is 2. The van der Waals surface area contributed by atoms with Gasteiger partial charge in [-0.3, -0.25) is 0 Å². The Kier molecular flexibility index (Phi) is 4.58. The average Bonchev–Trinajstić information content (AvgIpc) is 2.53. The molecule has 1 rings (SSSR count). The first kappa shape index (κ1) is 9.96. The molecule has 1 fully saturated rings. The second-order valence-electron chi connectivity index (χ2n) is 3.22. The van der Waals surface area contributed by atoms with E-state index >= 15 is 0 Å². The van der Waals surface area contributed by atoms with Crippen molar-refractivity contribution in [3.63, 3.8) is 0 Å². The Hall–Kier alpha value is -0.120. The van der Waals surface area contributed by atoms with Crippen LogP contribution >= 0.6 is 0 Å². The monoisotopic (exact) mass is 173 g/mol. The largest absolute Gasteiger partial charge is 0.379 e. The summed E-state index contributed by atoms with van der Waals surface area (Å²) in [5.41, 5.74) is 0. The van der Waals surface area contributed by atoms with E-state index in [2.05, 4.69) is 12.2 Å². The van der Waals surface area contributed by atoms with E-state index in [1.54, 1.807) is 0 Å². The first-order chi connectivity index (χ1) is 5.83. The fraction of sp³-hybridized carbons (Fsp3) is 1.00. The summed E-state index contributed by atoms with van der Waals surface area (Å²) in [5.74, 6) is 0. The second kappa shape index (κ2) is 5.51. The summed E-state index contributed by atoms with van der Waals surface area (Å²) in [6, 6.07) is 0. The topological polar surface area (TPSA) is 30.5 Å². The Bertz CT molecular complexity index is 113. The summed E-state index contributed by atoms with van der Waals surface area (Å²) in [7, 11) is 0. The van der Waals surface area contributed by atoms with E-state index in [9.17, 15) is 0 Å². The Balaban J connectivity index is 2.03. The van der Waals surface area contributed by atoms with Crippen LogP contribution in [0.25, 0.3) is 0 Å². The fourth-order valence-electron chi connectivity index (χ4n) is 1.40. The summed E-state index contributed by atoms with van der Waals surface area (Å²) < 4.78 is 11.0. The van der Waals surface area contributed by atoms with Crippen LogP contribution in [-0.2, 0) is 9.47 Å². The highest BCUT2D eigenvalue weighted by Gasteiger charge is 2.17. The van der Waals surface area contributed by atoms with Gasteiger partial charge in [-0.1, -0.05) is 0 Å². The van der Waals surface area contributed by atoms with Crippen molar-refractivity contribution in [2.24, 2.45) is 0 Å². The van der Waals surface area contributed by atoms with Crippen LogP contribution < -0.4 is 5.32 Å². The highest BCUT2D eigenvalue weighted by molar-refractivity contribution is 4.72.